The Morgan fingerprint density at radius 1 is 1.29 bits per heavy atom. The zero-order valence-corrected chi connectivity index (χ0v) is 14.3. The molecule has 0 bridgehead atoms. The van der Waals surface area contributed by atoms with Crippen molar-refractivity contribution in [2.24, 2.45) is 0 Å². The molecule has 0 aliphatic carbocycles. The van der Waals surface area contributed by atoms with Crippen molar-refractivity contribution < 1.29 is 4.74 Å². The lowest BCUT2D eigenvalue weighted by atomic mass is 10.1. The molecular weight excluding hydrogens is 328 g/mol. The number of hydrogen-bond donors (Lipinski definition) is 1. The molecular formula is C17H21BrN2O. The van der Waals surface area contributed by atoms with E-state index < -0.39 is 0 Å². The van der Waals surface area contributed by atoms with Crippen LogP contribution in [0.2, 0.25) is 0 Å². The van der Waals surface area contributed by atoms with Crippen molar-refractivity contribution in [3.63, 3.8) is 0 Å². The summed E-state index contributed by atoms with van der Waals surface area (Å²) in [4.78, 5) is 4.29. The van der Waals surface area contributed by atoms with Crippen LogP contribution in [0.5, 0.6) is 11.6 Å². The second-order valence-electron chi connectivity index (χ2n) is 5.14. The number of nitrogens with zero attached hydrogens (tertiary/aromatic N) is 1. The van der Waals surface area contributed by atoms with Crippen LogP contribution in [0.4, 0.5) is 0 Å². The third-order valence-corrected chi connectivity index (χ3v) is 3.88. The highest BCUT2D eigenvalue weighted by atomic mass is 79.9. The van der Waals surface area contributed by atoms with E-state index in [-0.39, 0.29) is 6.04 Å². The Morgan fingerprint density at radius 3 is 2.81 bits per heavy atom. The molecule has 0 aliphatic rings. The van der Waals surface area contributed by atoms with E-state index in [4.69, 9.17) is 4.74 Å². The third-order valence-electron chi connectivity index (χ3n) is 3.26. The number of ether oxygens (including phenoxy) is 1. The maximum absolute atomic E-state index is 5.87. The molecule has 0 aliphatic heterocycles. The van der Waals surface area contributed by atoms with Gasteiger partial charge in [0.2, 0.25) is 5.88 Å². The van der Waals surface area contributed by atoms with Gasteiger partial charge in [-0.15, -0.1) is 0 Å². The van der Waals surface area contributed by atoms with Gasteiger partial charge in [0.05, 0.1) is 4.47 Å². The van der Waals surface area contributed by atoms with E-state index in [0.717, 1.165) is 23.2 Å². The van der Waals surface area contributed by atoms with Crippen molar-refractivity contribution in [2.75, 3.05) is 6.54 Å². The van der Waals surface area contributed by atoms with Crippen molar-refractivity contribution >= 4 is 15.9 Å². The fourth-order valence-electron chi connectivity index (χ4n) is 2.03. The van der Waals surface area contributed by atoms with E-state index in [1.165, 1.54) is 11.1 Å². The molecule has 2 aromatic rings. The molecule has 2 rings (SSSR count). The molecule has 1 heterocycles. The molecule has 0 radical (unpaired) electrons. The summed E-state index contributed by atoms with van der Waals surface area (Å²) in [5, 5.41) is 3.47. The zero-order chi connectivity index (χ0) is 15.2. The fourth-order valence-corrected chi connectivity index (χ4v) is 2.60. The van der Waals surface area contributed by atoms with Crippen LogP contribution < -0.4 is 10.1 Å². The standard InChI is InChI=1S/C17H21BrN2O/c1-4-8-19-13(3)14-7-9-20-17(11-14)21-16-6-5-12(2)10-15(16)18/h5-7,9-11,13,19H,4,8H2,1-3H3. The average molecular weight is 349 g/mol. The van der Waals surface area contributed by atoms with Crippen molar-refractivity contribution in [3.05, 3.63) is 52.1 Å². The van der Waals surface area contributed by atoms with Gasteiger partial charge in [0, 0.05) is 18.3 Å². The van der Waals surface area contributed by atoms with E-state index in [1.807, 2.05) is 30.3 Å². The average Bonchev–Trinajstić information content (AvgIpc) is 2.48. The maximum atomic E-state index is 5.87. The highest BCUT2D eigenvalue weighted by molar-refractivity contribution is 9.10. The minimum absolute atomic E-state index is 0.289. The third kappa shape index (κ3) is 4.55. The predicted molar refractivity (Wildman–Crippen MR) is 89.9 cm³/mol. The first-order valence-corrected chi connectivity index (χ1v) is 8.02. The van der Waals surface area contributed by atoms with Crippen molar-refractivity contribution in [3.8, 4) is 11.6 Å². The quantitative estimate of drug-likeness (QED) is 0.796. The normalized spacial score (nSPS) is 12.2. The molecule has 1 unspecified atom stereocenters. The number of aryl methyl sites for hydroxylation is 1. The largest absolute Gasteiger partial charge is 0.438 e. The topological polar surface area (TPSA) is 34.2 Å². The van der Waals surface area contributed by atoms with Crippen molar-refractivity contribution in [1.82, 2.24) is 10.3 Å². The van der Waals surface area contributed by atoms with E-state index in [0.29, 0.717) is 5.88 Å². The van der Waals surface area contributed by atoms with E-state index in [2.05, 4.69) is 47.0 Å². The molecule has 1 atom stereocenters. The molecule has 1 N–H and O–H groups in total. The molecule has 1 aromatic carbocycles. The van der Waals surface area contributed by atoms with Gasteiger partial charge in [0.25, 0.3) is 0 Å². The summed E-state index contributed by atoms with van der Waals surface area (Å²) in [5.41, 5.74) is 2.37. The van der Waals surface area contributed by atoms with Crippen molar-refractivity contribution in [1.29, 1.82) is 0 Å². The number of pyridine rings is 1. The van der Waals surface area contributed by atoms with Gasteiger partial charge in [-0.3, -0.25) is 0 Å². The maximum Gasteiger partial charge on any atom is 0.219 e. The summed E-state index contributed by atoms with van der Waals surface area (Å²) in [6.07, 6.45) is 2.91. The highest BCUT2D eigenvalue weighted by Gasteiger charge is 2.08. The number of benzene rings is 1. The van der Waals surface area contributed by atoms with Gasteiger partial charge in [0.1, 0.15) is 5.75 Å². The smallest absolute Gasteiger partial charge is 0.219 e. The lowest BCUT2D eigenvalue weighted by Gasteiger charge is -2.14. The lowest BCUT2D eigenvalue weighted by molar-refractivity contribution is 0.457. The molecule has 1 aromatic heterocycles. The van der Waals surface area contributed by atoms with Gasteiger partial charge < -0.3 is 10.1 Å². The van der Waals surface area contributed by atoms with Crippen LogP contribution >= 0.6 is 15.9 Å². The van der Waals surface area contributed by atoms with Gasteiger partial charge in [-0.2, -0.15) is 0 Å². The molecule has 0 spiro atoms. The summed E-state index contributed by atoms with van der Waals surface area (Å²) in [7, 11) is 0. The zero-order valence-electron chi connectivity index (χ0n) is 12.7. The minimum Gasteiger partial charge on any atom is -0.438 e. The Kier molecular flexibility index (Phi) is 5.76. The van der Waals surface area contributed by atoms with Gasteiger partial charge in [0.15, 0.2) is 0 Å². The Labute approximate surface area is 134 Å². The number of hydrogen-bond acceptors (Lipinski definition) is 3. The van der Waals surface area contributed by atoms with Gasteiger partial charge in [-0.1, -0.05) is 13.0 Å². The van der Waals surface area contributed by atoms with E-state index >= 15 is 0 Å². The first-order valence-electron chi connectivity index (χ1n) is 7.23. The summed E-state index contributed by atoms with van der Waals surface area (Å²) in [6.45, 7) is 7.37. The van der Waals surface area contributed by atoms with Crippen LogP contribution in [-0.2, 0) is 0 Å². The Balaban J connectivity index is 2.13. The molecule has 0 amide bonds. The van der Waals surface area contributed by atoms with Crippen LogP contribution in [0.25, 0.3) is 0 Å². The summed E-state index contributed by atoms with van der Waals surface area (Å²) in [6, 6.07) is 10.3. The molecule has 0 saturated heterocycles. The Hall–Kier alpha value is -1.39. The monoisotopic (exact) mass is 348 g/mol. The molecule has 0 saturated carbocycles. The molecule has 21 heavy (non-hydrogen) atoms. The first kappa shape index (κ1) is 16.0. The Bertz CT molecular complexity index is 601. The SMILES string of the molecule is CCCNC(C)c1ccnc(Oc2ccc(C)cc2Br)c1. The minimum atomic E-state index is 0.289. The number of aromatic nitrogens is 1. The highest BCUT2D eigenvalue weighted by Crippen LogP contribution is 2.30. The van der Waals surface area contributed by atoms with E-state index in [1.54, 1.807) is 6.20 Å². The number of rotatable bonds is 6. The van der Waals surface area contributed by atoms with E-state index in [9.17, 15) is 0 Å². The first-order chi connectivity index (χ1) is 10.1. The predicted octanol–water partition coefficient (Wildman–Crippen LogP) is 5.01. The van der Waals surface area contributed by atoms with Crippen LogP contribution in [0.1, 0.15) is 37.4 Å². The van der Waals surface area contributed by atoms with Gasteiger partial charge in [-0.25, -0.2) is 4.98 Å². The number of nitrogens with one attached hydrogen (secondary N) is 1. The summed E-state index contributed by atoms with van der Waals surface area (Å²) < 4.78 is 6.81. The van der Waals surface area contributed by atoms with Gasteiger partial charge >= 0.3 is 0 Å². The fraction of sp³-hybridized carbons (Fsp3) is 0.353. The van der Waals surface area contributed by atoms with Crippen molar-refractivity contribution in [2.45, 2.75) is 33.2 Å². The molecule has 0 fully saturated rings. The molecule has 3 nitrogen and oxygen atoms in total. The summed E-state index contributed by atoms with van der Waals surface area (Å²) in [5.74, 6) is 1.39. The van der Waals surface area contributed by atoms with Crippen LogP contribution in [0.15, 0.2) is 41.0 Å². The lowest BCUT2D eigenvalue weighted by Crippen LogP contribution is -2.19. The molecule has 112 valence electrons. The summed E-state index contributed by atoms with van der Waals surface area (Å²) >= 11 is 3.52. The molecule has 4 heteroatoms. The van der Waals surface area contributed by atoms with Crippen LogP contribution in [0, 0.1) is 6.92 Å². The second kappa shape index (κ2) is 7.57. The Morgan fingerprint density at radius 2 is 2.10 bits per heavy atom. The number of halogens is 1. The van der Waals surface area contributed by atoms with Gasteiger partial charge in [-0.05, 0) is 72.1 Å². The second-order valence-corrected chi connectivity index (χ2v) is 5.99. The van der Waals surface area contributed by atoms with Crippen LogP contribution in [0.3, 0.4) is 0 Å². The van der Waals surface area contributed by atoms with Crippen LogP contribution in [-0.4, -0.2) is 11.5 Å².